The van der Waals surface area contributed by atoms with Crippen LogP contribution < -0.4 is 5.32 Å². The molecule has 1 aliphatic rings. The van der Waals surface area contributed by atoms with Crippen molar-refractivity contribution in [3.05, 3.63) is 33.9 Å². The molecule has 1 N–H and O–H groups in total. The van der Waals surface area contributed by atoms with Crippen molar-refractivity contribution in [1.82, 2.24) is 5.32 Å². The largest absolute Gasteiger partial charge is 0.313 e. The summed E-state index contributed by atoms with van der Waals surface area (Å²) in [5.41, 5.74) is 7.41. The van der Waals surface area contributed by atoms with E-state index in [1.165, 1.54) is 41.5 Å². The van der Waals surface area contributed by atoms with Crippen LogP contribution in [0.1, 0.15) is 60.0 Å². The minimum absolute atomic E-state index is 0.524. The highest BCUT2D eigenvalue weighted by Gasteiger charge is 2.32. The first-order valence-corrected chi connectivity index (χ1v) is 7.72. The molecule has 1 heteroatoms. The Kier molecular flexibility index (Phi) is 4.35. The first-order valence-electron chi connectivity index (χ1n) is 7.72. The summed E-state index contributed by atoms with van der Waals surface area (Å²) >= 11 is 0. The lowest BCUT2D eigenvalue weighted by molar-refractivity contribution is 0.313. The third-order valence-electron chi connectivity index (χ3n) is 5.40. The number of aryl methyl sites for hydroxylation is 2. The molecule has 3 unspecified atom stereocenters. The summed E-state index contributed by atoms with van der Waals surface area (Å²) in [5, 5.41) is 3.63. The van der Waals surface area contributed by atoms with E-state index in [1.807, 2.05) is 0 Å². The molecule has 0 saturated heterocycles. The van der Waals surface area contributed by atoms with Gasteiger partial charge in [0.05, 0.1) is 0 Å². The van der Waals surface area contributed by atoms with Gasteiger partial charge in [0.1, 0.15) is 0 Å². The smallest absolute Gasteiger partial charge is 0.0354 e. The summed E-state index contributed by atoms with van der Waals surface area (Å²) in [6, 6.07) is 2.86. The maximum atomic E-state index is 3.63. The highest BCUT2D eigenvalue weighted by atomic mass is 14.9. The summed E-state index contributed by atoms with van der Waals surface area (Å²) in [6.45, 7) is 11.5. The molecule has 0 heterocycles. The third-order valence-corrected chi connectivity index (χ3v) is 5.40. The second-order valence-electron chi connectivity index (χ2n) is 6.51. The van der Waals surface area contributed by atoms with Gasteiger partial charge in [-0.1, -0.05) is 25.8 Å². The van der Waals surface area contributed by atoms with E-state index in [4.69, 9.17) is 0 Å². The first kappa shape index (κ1) is 14.6. The monoisotopic (exact) mass is 259 g/mol. The number of hydrogen-bond acceptors (Lipinski definition) is 1. The zero-order chi connectivity index (χ0) is 14.2. The van der Waals surface area contributed by atoms with Gasteiger partial charge in [0.15, 0.2) is 0 Å². The lowest BCUT2D eigenvalue weighted by atomic mass is 9.80. The lowest BCUT2D eigenvalue weighted by Crippen LogP contribution is -2.28. The summed E-state index contributed by atoms with van der Waals surface area (Å²) in [7, 11) is 2.13. The summed E-state index contributed by atoms with van der Waals surface area (Å²) in [4.78, 5) is 0. The molecular formula is C18H29N. The minimum Gasteiger partial charge on any atom is -0.313 e. The molecule has 1 aliphatic carbocycles. The van der Waals surface area contributed by atoms with Crippen molar-refractivity contribution in [1.29, 1.82) is 0 Å². The summed E-state index contributed by atoms with van der Waals surface area (Å²) < 4.78 is 0. The van der Waals surface area contributed by atoms with Crippen LogP contribution in [0.4, 0.5) is 0 Å². The molecular weight excluding hydrogens is 230 g/mol. The molecule has 106 valence electrons. The zero-order valence-electron chi connectivity index (χ0n) is 13.4. The van der Waals surface area contributed by atoms with E-state index in [1.54, 1.807) is 5.56 Å². The van der Waals surface area contributed by atoms with E-state index >= 15 is 0 Å². The second-order valence-corrected chi connectivity index (χ2v) is 6.51. The highest BCUT2D eigenvalue weighted by molar-refractivity contribution is 5.46. The average molecular weight is 259 g/mol. The number of benzene rings is 1. The molecule has 0 radical (unpaired) electrons. The van der Waals surface area contributed by atoms with Crippen molar-refractivity contribution in [3.63, 3.8) is 0 Å². The predicted octanol–water partition coefficient (Wildman–Crippen LogP) is 4.62. The number of hydrogen-bond donors (Lipinski definition) is 1. The molecule has 0 spiro atoms. The molecule has 19 heavy (non-hydrogen) atoms. The lowest BCUT2D eigenvalue weighted by Gasteiger charge is -2.31. The van der Waals surface area contributed by atoms with Crippen molar-refractivity contribution in [2.75, 3.05) is 7.05 Å². The summed E-state index contributed by atoms with van der Waals surface area (Å²) in [5.74, 6) is 1.64. The van der Waals surface area contributed by atoms with Crippen molar-refractivity contribution in [2.24, 2.45) is 11.8 Å². The SMILES string of the molecule is CNC(c1c(C)c(C)cc(C)c1C)C1CCCC1C. The van der Waals surface area contributed by atoms with Crippen LogP contribution in [-0.2, 0) is 0 Å². The van der Waals surface area contributed by atoms with Crippen LogP contribution in [0.15, 0.2) is 6.07 Å². The molecule has 0 amide bonds. The fraction of sp³-hybridized carbons (Fsp3) is 0.667. The molecule has 1 saturated carbocycles. The second kappa shape index (κ2) is 5.66. The molecule has 0 aliphatic heterocycles. The zero-order valence-corrected chi connectivity index (χ0v) is 13.4. The van der Waals surface area contributed by atoms with Crippen molar-refractivity contribution >= 4 is 0 Å². The van der Waals surface area contributed by atoms with Crippen LogP contribution in [0.5, 0.6) is 0 Å². The maximum absolute atomic E-state index is 3.63. The van der Waals surface area contributed by atoms with Gasteiger partial charge >= 0.3 is 0 Å². The molecule has 3 atom stereocenters. The Balaban J connectivity index is 2.49. The predicted molar refractivity (Wildman–Crippen MR) is 83.7 cm³/mol. The Morgan fingerprint density at radius 3 is 2.05 bits per heavy atom. The van der Waals surface area contributed by atoms with Crippen LogP contribution in [-0.4, -0.2) is 7.05 Å². The Labute approximate surface area is 118 Å². The van der Waals surface area contributed by atoms with Gasteiger partial charge in [-0.15, -0.1) is 0 Å². The summed E-state index contributed by atoms with van der Waals surface area (Å²) in [6.07, 6.45) is 4.16. The van der Waals surface area contributed by atoms with E-state index in [0.29, 0.717) is 6.04 Å². The van der Waals surface area contributed by atoms with Gasteiger partial charge in [-0.25, -0.2) is 0 Å². The molecule has 1 aromatic carbocycles. The van der Waals surface area contributed by atoms with E-state index in [-0.39, 0.29) is 0 Å². The fourth-order valence-electron chi connectivity index (χ4n) is 3.96. The van der Waals surface area contributed by atoms with Crippen LogP contribution >= 0.6 is 0 Å². The molecule has 1 fully saturated rings. The number of rotatable bonds is 3. The first-order chi connectivity index (χ1) is 8.97. The Morgan fingerprint density at radius 1 is 1.05 bits per heavy atom. The van der Waals surface area contributed by atoms with Crippen molar-refractivity contribution in [3.8, 4) is 0 Å². The quantitative estimate of drug-likeness (QED) is 0.835. The molecule has 0 bridgehead atoms. The highest BCUT2D eigenvalue weighted by Crippen LogP contribution is 2.42. The van der Waals surface area contributed by atoms with Crippen LogP contribution in [0.3, 0.4) is 0 Å². The Bertz CT molecular complexity index is 435. The van der Waals surface area contributed by atoms with E-state index in [2.05, 4.69) is 53.0 Å². The molecule has 2 rings (SSSR count). The minimum atomic E-state index is 0.524. The van der Waals surface area contributed by atoms with Gasteiger partial charge in [0, 0.05) is 6.04 Å². The standard InChI is InChI=1S/C18H29N/c1-11-8-7-9-16(11)18(19-6)17-14(4)12(2)10-13(3)15(17)5/h10-11,16,18-19H,7-9H2,1-6H3. The van der Waals surface area contributed by atoms with E-state index in [9.17, 15) is 0 Å². The van der Waals surface area contributed by atoms with Crippen LogP contribution in [0.25, 0.3) is 0 Å². The molecule has 1 nitrogen and oxygen atoms in total. The third kappa shape index (κ3) is 2.58. The topological polar surface area (TPSA) is 12.0 Å². The van der Waals surface area contributed by atoms with Crippen molar-refractivity contribution in [2.45, 2.75) is 59.9 Å². The Morgan fingerprint density at radius 2 is 1.63 bits per heavy atom. The van der Waals surface area contributed by atoms with Gasteiger partial charge in [-0.05, 0) is 80.8 Å². The van der Waals surface area contributed by atoms with Gasteiger partial charge in [0.2, 0.25) is 0 Å². The number of nitrogens with one attached hydrogen (secondary N) is 1. The molecule has 0 aromatic heterocycles. The van der Waals surface area contributed by atoms with Gasteiger partial charge in [0.25, 0.3) is 0 Å². The maximum Gasteiger partial charge on any atom is 0.0354 e. The van der Waals surface area contributed by atoms with Crippen LogP contribution in [0.2, 0.25) is 0 Å². The van der Waals surface area contributed by atoms with Gasteiger partial charge < -0.3 is 5.32 Å². The molecule has 1 aromatic rings. The Hall–Kier alpha value is -0.820. The fourth-order valence-corrected chi connectivity index (χ4v) is 3.96. The normalized spacial score (nSPS) is 24.7. The van der Waals surface area contributed by atoms with E-state index in [0.717, 1.165) is 11.8 Å². The van der Waals surface area contributed by atoms with E-state index < -0.39 is 0 Å². The van der Waals surface area contributed by atoms with Crippen LogP contribution in [0, 0.1) is 39.5 Å². The van der Waals surface area contributed by atoms with Gasteiger partial charge in [-0.2, -0.15) is 0 Å². The van der Waals surface area contributed by atoms with Gasteiger partial charge in [-0.3, -0.25) is 0 Å². The van der Waals surface area contributed by atoms with Crippen molar-refractivity contribution < 1.29 is 0 Å². The average Bonchev–Trinajstić information content (AvgIpc) is 2.78.